The second-order valence-corrected chi connectivity index (χ2v) is 8.84. The van der Waals surface area contributed by atoms with Gasteiger partial charge in [0.05, 0.1) is 11.8 Å². The van der Waals surface area contributed by atoms with Gasteiger partial charge in [-0.15, -0.1) is 0 Å². The van der Waals surface area contributed by atoms with Crippen LogP contribution < -0.4 is 0 Å². The highest BCUT2D eigenvalue weighted by molar-refractivity contribution is 7.89. The Morgan fingerprint density at radius 1 is 0.926 bits per heavy atom. The number of rotatable bonds is 5. The number of hydrogen-bond donors (Lipinski definition) is 0. The molecule has 0 aliphatic carbocycles. The van der Waals surface area contributed by atoms with Crippen LogP contribution in [0.1, 0.15) is 28.3 Å². The second kappa shape index (κ2) is 7.62. The highest BCUT2D eigenvalue weighted by Gasteiger charge is 2.35. The summed E-state index contributed by atoms with van der Waals surface area (Å²) in [4.78, 5) is 4.09. The van der Waals surface area contributed by atoms with Gasteiger partial charge in [0.25, 0.3) is 0 Å². The zero-order valence-corrected chi connectivity index (χ0v) is 15.8. The maximum absolute atomic E-state index is 13.3. The van der Waals surface area contributed by atoms with Crippen LogP contribution in [0.4, 0.5) is 0 Å². The molecule has 1 atom stereocenters. The SMILES string of the molecule is O=S(=O)(CCc1ccccc1)N1CCc2ccccc2C1c1ccncc1. The molecule has 0 amide bonds. The maximum atomic E-state index is 13.3. The first-order valence-corrected chi connectivity index (χ1v) is 10.8. The van der Waals surface area contributed by atoms with Gasteiger partial charge in [0.2, 0.25) is 10.0 Å². The van der Waals surface area contributed by atoms with Crippen molar-refractivity contribution in [2.75, 3.05) is 12.3 Å². The van der Waals surface area contributed by atoms with Gasteiger partial charge in [0.1, 0.15) is 0 Å². The maximum Gasteiger partial charge on any atom is 0.215 e. The number of aromatic nitrogens is 1. The molecule has 0 saturated carbocycles. The number of aryl methyl sites for hydroxylation is 1. The predicted octanol–water partition coefficient (Wildman–Crippen LogP) is 3.60. The van der Waals surface area contributed by atoms with E-state index in [-0.39, 0.29) is 11.8 Å². The Kier molecular flexibility index (Phi) is 5.05. The van der Waals surface area contributed by atoms with E-state index in [1.54, 1.807) is 16.7 Å². The van der Waals surface area contributed by atoms with E-state index in [0.29, 0.717) is 13.0 Å². The van der Waals surface area contributed by atoms with Gasteiger partial charge in [0.15, 0.2) is 0 Å². The lowest BCUT2D eigenvalue weighted by molar-refractivity contribution is 0.344. The zero-order valence-electron chi connectivity index (χ0n) is 15.0. The average molecular weight is 378 g/mol. The van der Waals surface area contributed by atoms with E-state index in [1.807, 2.05) is 60.7 Å². The van der Waals surface area contributed by atoms with Crippen LogP contribution >= 0.6 is 0 Å². The molecular formula is C22H22N2O2S. The Bertz CT molecular complexity index is 1000. The van der Waals surface area contributed by atoms with Crippen molar-refractivity contribution in [2.24, 2.45) is 0 Å². The number of nitrogens with zero attached hydrogens (tertiary/aromatic N) is 2. The van der Waals surface area contributed by atoms with Gasteiger partial charge in [-0.05, 0) is 47.2 Å². The van der Waals surface area contributed by atoms with Gasteiger partial charge in [-0.25, -0.2) is 8.42 Å². The van der Waals surface area contributed by atoms with Gasteiger partial charge in [-0.3, -0.25) is 4.98 Å². The molecule has 0 bridgehead atoms. The van der Waals surface area contributed by atoms with Crippen LogP contribution in [-0.2, 0) is 22.9 Å². The largest absolute Gasteiger partial charge is 0.265 e. The molecule has 3 aromatic rings. The fourth-order valence-electron chi connectivity index (χ4n) is 3.74. The van der Waals surface area contributed by atoms with Crippen molar-refractivity contribution in [3.63, 3.8) is 0 Å². The summed E-state index contributed by atoms with van der Waals surface area (Å²) in [6.45, 7) is 0.501. The van der Waals surface area contributed by atoms with Crippen LogP contribution in [0.2, 0.25) is 0 Å². The first-order valence-electron chi connectivity index (χ1n) is 9.16. The molecule has 5 heteroatoms. The van der Waals surface area contributed by atoms with Crippen molar-refractivity contribution in [2.45, 2.75) is 18.9 Å². The highest BCUT2D eigenvalue weighted by Crippen LogP contribution is 2.36. The van der Waals surface area contributed by atoms with Gasteiger partial charge < -0.3 is 0 Å². The van der Waals surface area contributed by atoms with E-state index < -0.39 is 10.0 Å². The molecule has 4 nitrogen and oxygen atoms in total. The minimum absolute atomic E-state index is 0.112. The predicted molar refractivity (Wildman–Crippen MR) is 107 cm³/mol. The molecule has 0 radical (unpaired) electrons. The molecule has 1 aromatic heterocycles. The Labute approximate surface area is 160 Å². The smallest absolute Gasteiger partial charge is 0.215 e. The fraction of sp³-hybridized carbons (Fsp3) is 0.227. The standard InChI is InChI=1S/C22H22N2O2S/c25-27(26,17-13-18-6-2-1-3-7-18)24-16-12-19-8-4-5-9-21(19)22(24)20-10-14-23-15-11-20/h1-11,14-15,22H,12-13,16-17H2. The Morgan fingerprint density at radius 3 is 2.41 bits per heavy atom. The van der Waals surface area contributed by atoms with E-state index >= 15 is 0 Å². The van der Waals surface area contributed by atoms with Crippen molar-refractivity contribution in [3.05, 3.63) is 101 Å². The number of sulfonamides is 1. The zero-order chi connectivity index (χ0) is 18.7. The summed E-state index contributed by atoms with van der Waals surface area (Å²) < 4.78 is 28.2. The molecule has 4 rings (SSSR count). The molecule has 0 fully saturated rings. The van der Waals surface area contributed by atoms with Crippen molar-refractivity contribution < 1.29 is 8.42 Å². The summed E-state index contributed by atoms with van der Waals surface area (Å²) in [5.74, 6) is 0.112. The van der Waals surface area contributed by atoms with Crippen LogP contribution in [0, 0.1) is 0 Å². The molecular weight excluding hydrogens is 356 g/mol. The molecule has 138 valence electrons. The summed E-state index contributed by atoms with van der Waals surface area (Å²) in [6, 6.07) is 21.4. The molecule has 1 aliphatic heterocycles. The Hall–Kier alpha value is -2.50. The molecule has 1 unspecified atom stereocenters. The van der Waals surface area contributed by atoms with Crippen LogP contribution in [0.5, 0.6) is 0 Å². The molecule has 0 saturated heterocycles. The second-order valence-electron chi connectivity index (χ2n) is 6.79. The van der Waals surface area contributed by atoms with Crippen LogP contribution in [-0.4, -0.2) is 30.0 Å². The fourth-order valence-corrected chi connectivity index (χ4v) is 5.40. The molecule has 0 spiro atoms. The van der Waals surface area contributed by atoms with Crippen molar-refractivity contribution >= 4 is 10.0 Å². The first kappa shape index (κ1) is 17.9. The van der Waals surface area contributed by atoms with Crippen LogP contribution in [0.15, 0.2) is 79.1 Å². The normalized spacial score (nSPS) is 17.4. The summed E-state index contributed by atoms with van der Waals surface area (Å²) in [5, 5.41) is 0. The lowest BCUT2D eigenvalue weighted by Crippen LogP contribution is -2.42. The van der Waals surface area contributed by atoms with E-state index in [2.05, 4.69) is 11.1 Å². The average Bonchev–Trinajstić information content (AvgIpc) is 2.73. The molecule has 2 heterocycles. The number of benzene rings is 2. The van der Waals surface area contributed by atoms with E-state index in [4.69, 9.17) is 0 Å². The van der Waals surface area contributed by atoms with Crippen LogP contribution in [0.25, 0.3) is 0 Å². The van der Waals surface area contributed by atoms with Gasteiger partial charge in [0, 0.05) is 18.9 Å². The van der Waals surface area contributed by atoms with E-state index in [9.17, 15) is 8.42 Å². The van der Waals surface area contributed by atoms with Crippen molar-refractivity contribution in [1.29, 1.82) is 0 Å². The summed E-state index contributed by atoms with van der Waals surface area (Å²) in [6.07, 6.45) is 4.70. The van der Waals surface area contributed by atoms with Gasteiger partial charge in [-0.1, -0.05) is 54.6 Å². The summed E-state index contributed by atoms with van der Waals surface area (Å²) in [5.41, 5.74) is 4.28. The molecule has 0 N–H and O–H groups in total. The topological polar surface area (TPSA) is 50.3 Å². The first-order chi connectivity index (χ1) is 13.1. The lowest BCUT2D eigenvalue weighted by atomic mass is 9.90. The van der Waals surface area contributed by atoms with Gasteiger partial charge >= 0.3 is 0 Å². The minimum Gasteiger partial charge on any atom is -0.265 e. The van der Waals surface area contributed by atoms with Gasteiger partial charge in [-0.2, -0.15) is 4.31 Å². The summed E-state index contributed by atoms with van der Waals surface area (Å²) in [7, 11) is -3.41. The quantitative estimate of drug-likeness (QED) is 0.682. The third-order valence-corrected chi connectivity index (χ3v) is 6.94. The number of hydrogen-bond acceptors (Lipinski definition) is 3. The highest BCUT2D eigenvalue weighted by atomic mass is 32.2. The van der Waals surface area contributed by atoms with Crippen molar-refractivity contribution in [3.8, 4) is 0 Å². The third-order valence-electron chi connectivity index (χ3n) is 5.11. The number of pyridine rings is 1. The monoisotopic (exact) mass is 378 g/mol. The van der Waals surface area contributed by atoms with Crippen molar-refractivity contribution in [1.82, 2.24) is 9.29 Å². The minimum atomic E-state index is -3.41. The third kappa shape index (κ3) is 3.80. The van der Waals surface area contributed by atoms with E-state index in [0.717, 1.165) is 23.1 Å². The van der Waals surface area contributed by atoms with E-state index in [1.165, 1.54) is 5.56 Å². The summed E-state index contributed by atoms with van der Waals surface area (Å²) >= 11 is 0. The van der Waals surface area contributed by atoms with Crippen LogP contribution in [0.3, 0.4) is 0 Å². The Balaban J connectivity index is 1.68. The molecule has 2 aromatic carbocycles. The lowest BCUT2D eigenvalue weighted by Gasteiger charge is -2.36. The molecule has 27 heavy (non-hydrogen) atoms. The Morgan fingerprint density at radius 2 is 1.63 bits per heavy atom. The molecule has 1 aliphatic rings. The number of fused-ring (bicyclic) bond motifs is 1.